The van der Waals surface area contributed by atoms with Gasteiger partial charge in [0.1, 0.15) is 23.2 Å². The molecule has 0 aliphatic heterocycles. The molecule has 0 saturated carbocycles. The largest absolute Gasteiger partial charge is 0.438 e. The number of hydrogen-bond acceptors (Lipinski definition) is 7. The van der Waals surface area contributed by atoms with Crippen LogP contribution in [0.15, 0.2) is 76.1 Å². The van der Waals surface area contributed by atoms with Crippen molar-refractivity contribution in [3.05, 3.63) is 82.9 Å². The standard InChI is InChI=1S/C26H24BrN7O3/c1-26(2,3)21-12-22(33-37-21)32-25(35)31-18-8-10-19(11-9-18)36-24-20-13-30-34(23(20)28-15-29-24)14-16-4-6-17(27)7-5-16/h4-13,15H,14H2,1-3H3,(H2,31,32,33,35). The van der Waals surface area contributed by atoms with Gasteiger partial charge in [-0.2, -0.15) is 5.10 Å². The van der Waals surface area contributed by atoms with E-state index in [1.165, 1.54) is 6.33 Å². The van der Waals surface area contributed by atoms with Crippen molar-refractivity contribution in [2.45, 2.75) is 32.7 Å². The number of aromatic nitrogens is 5. The van der Waals surface area contributed by atoms with Crippen LogP contribution in [0, 0.1) is 0 Å². The van der Waals surface area contributed by atoms with E-state index in [-0.39, 0.29) is 5.41 Å². The minimum absolute atomic E-state index is 0.202. The predicted octanol–water partition coefficient (Wildman–Crippen LogP) is 6.36. The van der Waals surface area contributed by atoms with Crippen molar-refractivity contribution in [1.29, 1.82) is 0 Å². The van der Waals surface area contributed by atoms with Gasteiger partial charge in [-0.05, 0) is 42.0 Å². The summed E-state index contributed by atoms with van der Waals surface area (Å²) in [5.74, 6) is 1.97. The van der Waals surface area contributed by atoms with Crippen LogP contribution >= 0.6 is 15.9 Å². The summed E-state index contributed by atoms with van der Waals surface area (Å²) in [6.07, 6.45) is 3.14. The topological polar surface area (TPSA) is 120 Å². The number of carbonyl (C=O) groups excluding carboxylic acids is 1. The van der Waals surface area contributed by atoms with Gasteiger partial charge in [-0.15, -0.1) is 0 Å². The zero-order valence-corrected chi connectivity index (χ0v) is 22.0. The number of fused-ring (bicyclic) bond motifs is 1. The highest BCUT2D eigenvalue weighted by Crippen LogP contribution is 2.28. The van der Waals surface area contributed by atoms with Crippen LogP contribution in [-0.4, -0.2) is 30.9 Å². The summed E-state index contributed by atoms with van der Waals surface area (Å²) in [7, 11) is 0. The number of benzene rings is 2. The summed E-state index contributed by atoms with van der Waals surface area (Å²) < 4.78 is 14.1. The summed E-state index contributed by atoms with van der Waals surface area (Å²) in [6, 6.07) is 16.3. The molecule has 0 spiro atoms. The van der Waals surface area contributed by atoms with Crippen molar-refractivity contribution >= 4 is 44.5 Å². The highest BCUT2D eigenvalue weighted by atomic mass is 79.9. The van der Waals surface area contributed by atoms with Crippen LogP contribution in [0.5, 0.6) is 11.6 Å². The summed E-state index contributed by atoms with van der Waals surface area (Å²) in [5, 5.41) is 14.5. The monoisotopic (exact) mass is 561 g/mol. The van der Waals surface area contributed by atoms with Crippen molar-refractivity contribution in [2.24, 2.45) is 0 Å². The van der Waals surface area contributed by atoms with Crippen molar-refractivity contribution in [2.75, 3.05) is 10.6 Å². The van der Waals surface area contributed by atoms with Crippen LogP contribution in [0.1, 0.15) is 32.1 Å². The van der Waals surface area contributed by atoms with Gasteiger partial charge in [-0.3, -0.25) is 5.32 Å². The lowest BCUT2D eigenvalue weighted by Crippen LogP contribution is -2.19. The Hall–Kier alpha value is -4.25. The molecule has 37 heavy (non-hydrogen) atoms. The fourth-order valence-corrected chi connectivity index (χ4v) is 3.78. The molecule has 0 aliphatic carbocycles. The second-order valence-corrected chi connectivity index (χ2v) is 10.3. The fourth-order valence-electron chi connectivity index (χ4n) is 3.52. The minimum atomic E-state index is -0.432. The minimum Gasteiger partial charge on any atom is -0.438 e. The Bertz CT molecular complexity index is 1540. The molecule has 0 aliphatic rings. The first kappa shape index (κ1) is 24.4. The van der Waals surface area contributed by atoms with Gasteiger partial charge in [-0.25, -0.2) is 19.4 Å². The lowest BCUT2D eigenvalue weighted by molar-refractivity contribution is 0.262. The number of hydrogen-bond donors (Lipinski definition) is 2. The van der Waals surface area contributed by atoms with E-state index in [2.05, 4.69) is 46.8 Å². The Balaban J connectivity index is 1.24. The molecule has 10 nitrogen and oxygen atoms in total. The zero-order valence-electron chi connectivity index (χ0n) is 20.4. The van der Waals surface area contributed by atoms with Crippen LogP contribution < -0.4 is 15.4 Å². The number of ether oxygens (including phenoxy) is 1. The van der Waals surface area contributed by atoms with Crippen LogP contribution in [0.4, 0.5) is 16.3 Å². The van der Waals surface area contributed by atoms with Crippen molar-refractivity contribution in [3.8, 4) is 11.6 Å². The molecule has 0 bridgehead atoms. The van der Waals surface area contributed by atoms with E-state index < -0.39 is 6.03 Å². The Morgan fingerprint density at radius 1 is 1.05 bits per heavy atom. The maximum absolute atomic E-state index is 12.3. The normalized spacial score (nSPS) is 11.5. The predicted molar refractivity (Wildman–Crippen MR) is 143 cm³/mol. The Labute approximate surface area is 221 Å². The van der Waals surface area contributed by atoms with E-state index in [9.17, 15) is 4.79 Å². The molecule has 2 aromatic carbocycles. The van der Waals surface area contributed by atoms with Crippen LogP contribution in [-0.2, 0) is 12.0 Å². The van der Waals surface area contributed by atoms with Crippen molar-refractivity contribution in [1.82, 2.24) is 24.9 Å². The summed E-state index contributed by atoms with van der Waals surface area (Å²) in [5.41, 5.74) is 2.15. The number of carbonyl (C=O) groups is 1. The average Bonchev–Trinajstić information content (AvgIpc) is 3.50. The number of nitrogens with one attached hydrogen (secondary N) is 2. The highest BCUT2D eigenvalue weighted by molar-refractivity contribution is 9.10. The molecular weight excluding hydrogens is 538 g/mol. The maximum Gasteiger partial charge on any atom is 0.324 e. The van der Waals surface area contributed by atoms with E-state index >= 15 is 0 Å². The first-order valence-electron chi connectivity index (χ1n) is 11.5. The molecule has 0 saturated heterocycles. The third kappa shape index (κ3) is 5.78. The number of amides is 2. The Kier molecular flexibility index (Phi) is 6.62. The summed E-state index contributed by atoms with van der Waals surface area (Å²) in [6.45, 7) is 6.58. The number of rotatable bonds is 6. The molecule has 5 rings (SSSR count). The van der Waals surface area contributed by atoms with E-state index in [1.807, 2.05) is 45.0 Å². The van der Waals surface area contributed by atoms with E-state index in [0.29, 0.717) is 46.5 Å². The lowest BCUT2D eigenvalue weighted by Gasteiger charge is -2.12. The molecule has 11 heteroatoms. The van der Waals surface area contributed by atoms with Gasteiger partial charge in [0.25, 0.3) is 0 Å². The van der Waals surface area contributed by atoms with E-state index in [0.717, 1.165) is 10.0 Å². The molecule has 0 radical (unpaired) electrons. The van der Waals surface area contributed by atoms with E-state index in [1.54, 1.807) is 41.2 Å². The average molecular weight is 562 g/mol. The Morgan fingerprint density at radius 2 is 1.81 bits per heavy atom. The molecule has 0 atom stereocenters. The molecule has 2 amide bonds. The molecule has 0 fully saturated rings. The second-order valence-electron chi connectivity index (χ2n) is 9.38. The van der Waals surface area contributed by atoms with Gasteiger partial charge in [0.05, 0.1) is 12.7 Å². The number of anilines is 2. The molecule has 188 valence electrons. The molecule has 2 N–H and O–H groups in total. The first-order valence-corrected chi connectivity index (χ1v) is 12.3. The van der Waals surface area contributed by atoms with Crippen LogP contribution in [0.25, 0.3) is 11.0 Å². The molecule has 5 aromatic rings. The lowest BCUT2D eigenvalue weighted by atomic mass is 9.93. The van der Waals surface area contributed by atoms with Crippen molar-refractivity contribution < 1.29 is 14.1 Å². The Morgan fingerprint density at radius 3 is 2.51 bits per heavy atom. The third-order valence-corrected chi connectivity index (χ3v) is 5.99. The molecule has 0 unspecified atom stereocenters. The maximum atomic E-state index is 12.3. The third-order valence-electron chi connectivity index (χ3n) is 5.46. The summed E-state index contributed by atoms with van der Waals surface area (Å²) in [4.78, 5) is 21.0. The van der Waals surface area contributed by atoms with Gasteiger partial charge in [-0.1, -0.05) is 54.0 Å². The molecular formula is C26H24BrN7O3. The SMILES string of the molecule is CC(C)(C)c1cc(NC(=O)Nc2ccc(Oc3ncnc4c3cnn4Cc3ccc(Br)cc3)cc2)no1. The number of urea groups is 1. The van der Waals surface area contributed by atoms with E-state index in [4.69, 9.17) is 9.26 Å². The second kappa shape index (κ2) is 10.0. The zero-order chi connectivity index (χ0) is 26.0. The van der Waals surface area contributed by atoms with Gasteiger partial charge in [0.2, 0.25) is 5.88 Å². The van der Waals surface area contributed by atoms with Crippen LogP contribution in [0.3, 0.4) is 0 Å². The van der Waals surface area contributed by atoms with Gasteiger partial charge in [0, 0.05) is 21.6 Å². The summed E-state index contributed by atoms with van der Waals surface area (Å²) >= 11 is 3.45. The van der Waals surface area contributed by atoms with Gasteiger partial charge >= 0.3 is 6.03 Å². The number of nitrogens with zero attached hydrogens (tertiary/aromatic N) is 5. The highest BCUT2D eigenvalue weighted by Gasteiger charge is 2.20. The molecule has 3 aromatic heterocycles. The fraction of sp³-hybridized carbons (Fsp3) is 0.192. The first-order chi connectivity index (χ1) is 17.7. The van der Waals surface area contributed by atoms with Crippen molar-refractivity contribution in [3.63, 3.8) is 0 Å². The smallest absolute Gasteiger partial charge is 0.324 e. The van der Waals surface area contributed by atoms with Gasteiger partial charge in [0.15, 0.2) is 11.5 Å². The quantitative estimate of drug-likeness (QED) is 0.247. The molecule has 3 heterocycles. The number of halogens is 1. The van der Waals surface area contributed by atoms with Crippen LogP contribution in [0.2, 0.25) is 0 Å². The van der Waals surface area contributed by atoms with Gasteiger partial charge < -0.3 is 14.6 Å².